The largest absolute Gasteiger partial charge is 0.312 e. The van der Waals surface area contributed by atoms with Gasteiger partial charge in [-0.25, -0.2) is 4.98 Å². The first kappa shape index (κ1) is 8.44. The average molecular weight is 179 g/mol. The molecule has 4 nitrogen and oxygen atoms in total. The van der Waals surface area contributed by atoms with Crippen molar-refractivity contribution in [3.05, 3.63) is 27.4 Å². The fraction of sp³-hybridized carbons (Fsp3) is 0.556. The molecule has 0 atom stereocenters. The van der Waals surface area contributed by atoms with Crippen molar-refractivity contribution in [2.75, 3.05) is 6.54 Å². The van der Waals surface area contributed by atoms with Gasteiger partial charge in [-0.2, -0.15) is 0 Å². The van der Waals surface area contributed by atoms with Crippen LogP contribution in [0.2, 0.25) is 0 Å². The molecule has 70 valence electrons. The Kier molecular flexibility index (Phi) is 1.92. The van der Waals surface area contributed by atoms with Crippen LogP contribution in [0.3, 0.4) is 0 Å². The van der Waals surface area contributed by atoms with E-state index in [-0.39, 0.29) is 5.56 Å². The Morgan fingerprint density at radius 1 is 1.54 bits per heavy atom. The van der Waals surface area contributed by atoms with E-state index in [2.05, 4.69) is 10.3 Å². The van der Waals surface area contributed by atoms with E-state index in [1.54, 1.807) is 11.6 Å². The first-order valence-electron chi connectivity index (χ1n) is 4.46. The summed E-state index contributed by atoms with van der Waals surface area (Å²) in [6.45, 7) is 3.45. The Morgan fingerprint density at radius 3 is 3.08 bits per heavy atom. The zero-order valence-electron chi connectivity index (χ0n) is 7.92. The van der Waals surface area contributed by atoms with Gasteiger partial charge < -0.3 is 5.32 Å². The van der Waals surface area contributed by atoms with Crippen molar-refractivity contribution >= 4 is 0 Å². The van der Waals surface area contributed by atoms with Gasteiger partial charge in [0, 0.05) is 26.6 Å². The fourth-order valence-electron chi connectivity index (χ4n) is 1.62. The molecule has 0 saturated heterocycles. The van der Waals surface area contributed by atoms with Crippen LogP contribution in [-0.4, -0.2) is 16.1 Å². The molecule has 1 aromatic rings. The Morgan fingerprint density at radius 2 is 2.31 bits per heavy atom. The third-order valence-corrected chi connectivity index (χ3v) is 2.53. The highest BCUT2D eigenvalue weighted by atomic mass is 16.1. The number of aromatic nitrogens is 2. The Labute approximate surface area is 76.6 Å². The van der Waals surface area contributed by atoms with Gasteiger partial charge in [-0.05, 0) is 6.92 Å². The first-order chi connectivity index (χ1) is 6.20. The molecule has 1 N–H and O–H groups in total. The minimum Gasteiger partial charge on any atom is -0.312 e. The van der Waals surface area contributed by atoms with Crippen molar-refractivity contribution in [3.63, 3.8) is 0 Å². The van der Waals surface area contributed by atoms with E-state index in [0.717, 1.165) is 30.0 Å². The predicted octanol–water partition coefficient (Wildman–Crippen LogP) is -0.266. The molecule has 0 radical (unpaired) electrons. The van der Waals surface area contributed by atoms with Crippen molar-refractivity contribution in [2.45, 2.75) is 19.9 Å². The molecule has 1 aliphatic heterocycles. The van der Waals surface area contributed by atoms with Crippen LogP contribution in [-0.2, 0) is 20.0 Å². The highest BCUT2D eigenvalue weighted by molar-refractivity contribution is 5.21. The Bertz CT molecular complexity index is 395. The molecule has 0 aliphatic carbocycles. The van der Waals surface area contributed by atoms with Gasteiger partial charge in [0.25, 0.3) is 5.56 Å². The minimum absolute atomic E-state index is 0.0923. The topological polar surface area (TPSA) is 46.9 Å². The summed E-state index contributed by atoms with van der Waals surface area (Å²) in [4.78, 5) is 16.1. The highest BCUT2D eigenvalue weighted by Crippen LogP contribution is 2.06. The number of nitrogens with one attached hydrogen (secondary N) is 1. The third-order valence-electron chi connectivity index (χ3n) is 2.53. The van der Waals surface area contributed by atoms with Crippen molar-refractivity contribution in [3.8, 4) is 0 Å². The maximum atomic E-state index is 11.7. The van der Waals surface area contributed by atoms with Crippen LogP contribution in [0.4, 0.5) is 0 Å². The summed E-state index contributed by atoms with van der Waals surface area (Å²) in [5.74, 6) is 0.797. The number of hydrogen-bond acceptors (Lipinski definition) is 3. The zero-order chi connectivity index (χ0) is 9.42. The molecule has 2 heterocycles. The van der Waals surface area contributed by atoms with Crippen molar-refractivity contribution in [1.29, 1.82) is 0 Å². The monoisotopic (exact) mass is 179 g/mol. The average Bonchev–Trinajstić information content (AvgIpc) is 2.15. The molecule has 1 aromatic heterocycles. The maximum absolute atomic E-state index is 11.7. The summed E-state index contributed by atoms with van der Waals surface area (Å²) < 4.78 is 1.60. The number of aryl methyl sites for hydroxylation is 1. The molecule has 0 bridgehead atoms. The molecule has 0 unspecified atom stereocenters. The van der Waals surface area contributed by atoms with Gasteiger partial charge in [0.1, 0.15) is 5.82 Å². The number of nitrogens with zero attached hydrogens (tertiary/aromatic N) is 2. The van der Waals surface area contributed by atoms with Crippen molar-refractivity contribution < 1.29 is 0 Å². The van der Waals surface area contributed by atoms with E-state index in [1.165, 1.54) is 0 Å². The van der Waals surface area contributed by atoms with Gasteiger partial charge in [-0.15, -0.1) is 0 Å². The minimum atomic E-state index is 0.0923. The molecular weight excluding hydrogens is 166 g/mol. The summed E-state index contributed by atoms with van der Waals surface area (Å²) in [5, 5.41) is 3.18. The summed E-state index contributed by atoms with van der Waals surface area (Å²) in [5.41, 5.74) is 1.90. The lowest BCUT2D eigenvalue weighted by Crippen LogP contribution is -2.35. The van der Waals surface area contributed by atoms with E-state index < -0.39 is 0 Å². The summed E-state index contributed by atoms with van der Waals surface area (Å²) in [6, 6.07) is 0. The first-order valence-corrected chi connectivity index (χ1v) is 4.46. The van der Waals surface area contributed by atoms with Gasteiger partial charge in [0.2, 0.25) is 0 Å². The van der Waals surface area contributed by atoms with Crippen LogP contribution in [0.15, 0.2) is 4.79 Å². The van der Waals surface area contributed by atoms with Crippen molar-refractivity contribution in [2.24, 2.45) is 7.05 Å². The number of rotatable bonds is 0. The van der Waals surface area contributed by atoms with Gasteiger partial charge in [-0.1, -0.05) is 0 Å². The summed E-state index contributed by atoms with van der Waals surface area (Å²) in [6.07, 6.45) is 0.867. The number of fused-ring (bicyclic) bond motifs is 1. The highest BCUT2D eigenvalue weighted by Gasteiger charge is 2.15. The second-order valence-electron chi connectivity index (χ2n) is 3.38. The molecule has 0 amide bonds. The van der Waals surface area contributed by atoms with Crippen LogP contribution >= 0.6 is 0 Å². The molecule has 0 fully saturated rings. The summed E-state index contributed by atoms with van der Waals surface area (Å²) in [7, 11) is 1.76. The SMILES string of the molecule is Cc1nc2c(c(=O)n1C)CNCC2. The standard InChI is InChI=1S/C9H13N3O/c1-6-11-8-3-4-10-5-7(8)9(13)12(6)2/h10H,3-5H2,1-2H3. The zero-order valence-corrected chi connectivity index (χ0v) is 7.92. The molecule has 13 heavy (non-hydrogen) atoms. The van der Waals surface area contributed by atoms with Crippen molar-refractivity contribution in [1.82, 2.24) is 14.9 Å². The van der Waals surface area contributed by atoms with Crippen LogP contribution in [0.1, 0.15) is 17.1 Å². The van der Waals surface area contributed by atoms with E-state index in [4.69, 9.17) is 0 Å². The van der Waals surface area contributed by atoms with Gasteiger partial charge in [0.15, 0.2) is 0 Å². The van der Waals surface area contributed by atoms with E-state index in [1.807, 2.05) is 6.92 Å². The molecule has 4 heteroatoms. The quantitative estimate of drug-likeness (QED) is 0.596. The van der Waals surface area contributed by atoms with Gasteiger partial charge >= 0.3 is 0 Å². The smallest absolute Gasteiger partial charge is 0.257 e. The molecule has 1 aliphatic rings. The lowest BCUT2D eigenvalue weighted by atomic mass is 10.1. The fourth-order valence-corrected chi connectivity index (χ4v) is 1.62. The van der Waals surface area contributed by atoms with Crippen LogP contribution < -0.4 is 10.9 Å². The van der Waals surface area contributed by atoms with E-state index in [0.29, 0.717) is 6.54 Å². The molecule has 0 saturated carbocycles. The Hall–Kier alpha value is -1.16. The second-order valence-corrected chi connectivity index (χ2v) is 3.38. The molecular formula is C9H13N3O. The van der Waals surface area contributed by atoms with Gasteiger partial charge in [-0.3, -0.25) is 9.36 Å². The van der Waals surface area contributed by atoms with E-state index >= 15 is 0 Å². The molecule has 2 rings (SSSR count). The van der Waals surface area contributed by atoms with E-state index in [9.17, 15) is 4.79 Å². The lowest BCUT2D eigenvalue weighted by molar-refractivity contribution is 0.598. The second kappa shape index (κ2) is 2.96. The van der Waals surface area contributed by atoms with Gasteiger partial charge in [0.05, 0.1) is 11.3 Å². The predicted molar refractivity (Wildman–Crippen MR) is 49.6 cm³/mol. The van der Waals surface area contributed by atoms with Crippen LogP contribution in [0.25, 0.3) is 0 Å². The van der Waals surface area contributed by atoms with Crippen LogP contribution in [0.5, 0.6) is 0 Å². The molecule has 0 spiro atoms. The maximum Gasteiger partial charge on any atom is 0.257 e. The normalized spacial score (nSPS) is 15.5. The molecule has 0 aromatic carbocycles. The third kappa shape index (κ3) is 1.27. The van der Waals surface area contributed by atoms with Crippen LogP contribution in [0, 0.1) is 6.92 Å². The summed E-state index contributed by atoms with van der Waals surface area (Å²) >= 11 is 0. The Balaban J connectivity index is 2.68. The number of hydrogen-bond donors (Lipinski definition) is 1. The lowest BCUT2D eigenvalue weighted by Gasteiger charge is -2.17.